The highest BCUT2D eigenvalue weighted by Crippen LogP contribution is 2.17. The second-order valence-electron chi connectivity index (χ2n) is 3.29. The maximum atomic E-state index is 4.38. The summed E-state index contributed by atoms with van der Waals surface area (Å²) in [5.41, 5.74) is 1.04. The maximum Gasteiger partial charge on any atom is 0.132 e. The fourth-order valence-electron chi connectivity index (χ4n) is 1.32. The van der Waals surface area contributed by atoms with Crippen molar-refractivity contribution in [3.8, 4) is 0 Å². The van der Waals surface area contributed by atoms with Gasteiger partial charge in [-0.1, -0.05) is 6.07 Å². The molecule has 0 amide bonds. The molecular formula is C12H12IN3. The van der Waals surface area contributed by atoms with Crippen molar-refractivity contribution < 1.29 is 0 Å². The van der Waals surface area contributed by atoms with E-state index in [0.29, 0.717) is 0 Å². The lowest BCUT2D eigenvalue weighted by molar-refractivity contribution is 1.28. The molecule has 0 bridgehead atoms. The van der Waals surface area contributed by atoms with Gasteiger partial charge in [-0.2, -0.15) is 0 Å². The van der Waals surface area contributed by atoms with Crippen molar-refractivity contribution >= 4 is 39.9 Å². The lowest BCUT2D eigenvalue weighted by Gasteiger charge is -2.07. The number of aromatic nitrogens is 1. The molecule has 0 aliphatic rings. The molecule has 2 rings (SSSR count). The minimum absolute atomic E-state index is 0.841. The number of pyridine rings is 1. The molecule has 0 saturated heterocycles. The lowest BCUT2D eigenvalue weighted by Crippen LogP contribution is -1.97. The minimum atomic E-state index is 0.841. The Morgan fingerprint density at radius 1 is 1.00 bits per heavy atom. The quantitative estimate of drug-likeness (QED) is 0.849. The van der Waals surface area contributed by atoms with E-state index in [2.05, 4.69) is 50.3 Å². The Balaban J connectivity index is 2.16. The lowest BCUT2D eigenvalue weighted by atomic mass is 10.3. The summed E-state index contributed by atoms with van der Waals surface area (Å²) in [5.74, 6) is 1.70. The molecule has 1 heterocycles. The van der Waals surface area contributed by atoms with E-state index < -0.39 is 0 Å². The zero-order valence-electron chi connectivity index (χ0n) is 8.87. The van der Waals surface area contributed by atoms with E-state index in [-0.39, 0.29) is 0 Å². The highest BCUT2D eigenvalue weighted by Gasteiger charge is 1.97. The first-order valence-electron chi connectivity index (χ1n) is 4.95. The minimum Gasteiger partial charge on any atom is -0.373 e. The van der Waals surface area contributed by atoms with Gasteiger partial charge in [0.25, 0.3) is 0 Å². The van der Waals surface area contributed by atoms with E-state index >= 15 is 0 Å². The van der Waals surface area contributed by atoms with Crippen molar-refractivity contribution in [2.24, 2.45) is 0 Å². The summed E-state index contributed by atoms with van der Waals surface area (Å²) in [7, 11) is 1.86. The standard InChI is InChI=1S/C12H12IN3/c1-14-11-3-2-4-12(16-11)15-10-7-5-9(13)6-8-10/h2-8H,1H3,(H2,14,15,16). The predicted octanol–water partition coefficient (Wildman–Crippen LogP) is 3.47. The van der Waals surface area contributed by atoms with Gasteiger partial charge in [0.2, 0.25) is 0 Å². The van der Waals surface area contributed by atoms with E-state index in [1.165, 1.54) is 3.57 Å². The summed E-state index contributed by atoms with van der Waals surface area (Å²) < 4.78 is 1.22. The van der Waals surface area contributed by atoms with Crippen LogP contribution in [0.5, 0.6) is 0 Å². The first kappa shape index (κ1) is 11.2. The van der Waals surface area contributed by atoms with Crippen LogP contribution in [0, 0.1) is 3.57 Å². The number of hydrogen-bond donors (Lipinski definition) is 2. The van der Waals surface area contributed by atoms with Crippen molar-refractivity contribution in [1.29, 1.82) is 0 Å². The highest BCUT2D eigenvalue weighted by molar-refractivity contribution is 14.1. The maximum absolute atomic E-state index is 4.38. The Morgan fingerprint density at radius 3 is 2.38 bits per heavy atom. The second-order valence-corrected chi connectivity index (χ2v) is 4.54. The Morgan fingerprint density at radius 2 is 1.69 bits per heavy atom. The summed E-state index contributed by atoms with van der Waals surface area (Å²) in [4.78, 5) is 4.38. The number of nitrogens with zero attached hydrogens (tertiary/aromatic N) is 1. The first-order chi connectivity index (χ1) is 7.78. The molecule has 4 heteroatoms. The molecule has 0 spiro atoms. The van der Waals surface area contributed by atoms with Crippen LogP contribution in [0.3, 0.4) is 0 Å². The van der Waals surface area contributed by atoms with Gasteiger partial charge in [0.15, 0.2) is 0 Å². The van der Waals surface area contributed by atoms with Gasteiger partial charge in [-0.25, -0.2) is 4.98 Å². The van der Waals surface area contributed by atoms with Gasteiger partial charge >= 0.3 is 0 Å². The molecule has 0 unspecified atom stereocenters. The van der Waals surface area contributed by atoms with Crippen molar-refractivity contribution in [2.75, 3.05) is 17.7 Å². The third-order valence-electron chi connectivity index (χ3n) is 2.12. The molecule has 2 aromatic rings. The van der Waals surface area contributed by atoms with E-state index in [4.69, 9.17) is 0 Å². The number of benzene rings is 1. The Labute approximate surface area is 108 Å². The van der Waals surface area contributed by atoms with E-state index in [1.54, 1.807) is 0 Å². The monoisotopic (exact) mass is 325 g/mol. The van der Waals surface area contributed by atoms with E-state index in [1.807, 2.05) is 37.4 Å². The number of rotatable bonds is 3. The van der Waals surface area contributed by atoms with Crippen molar-refractivity contribution in [3.05, 3.63) is 46.0 Å². The van der Waals surface area contributed by atoms with Gasteiger partial charge in [-0.15, -0.1) is 0 Å². The molecular weight excluding hydrogens is 313 g/mol. The largest absolute Gasteiger partial charge is 0.373 e. The van der Waals surface area contributed by atoms with Crippen LogP contribution in [0.15, 0.2) is 42.5 Å². The Hall–Kier alpha value is -1.30. The molecule has 0 atom stereocenters. The van der Waals surface area contributed by atoms with Gasteiger partial charge < -0.3 is 10.6 Å². The topological polar surface area (TPSA) is 37.0 Å². The van der Waals surface area contributed by atoms with E-state index in [0.717, 1.165) is 17.3 Å². The molecule has 0 radical (unpaired) electrons. The molecule has 2 N–H and O–H groups in total. The molecule has 0 aliphatic heterocycles. The number of anilines is 3. The number of hydrogen-bond acceptors (Lipinski definition) is 3. The van der Waals surface area contributed by atoms with Gasteiger partial charge in [0.05, 0.1) is 0 Å². The highest BCUT2D eigenvalue weighted by atomic mass is 127. The van der Waals surface area contributed by atoms with Crippen LogP contribution in [-0.4, -0.2) is 12.0 Å². The van der Waals surface area contributed by atoms with Gasteiger partial charge in [-0.3, -0.25) is 0 Å². The summed E-state index contributed by atoms with van der Waals surface area (Å²) >= 11 is 2.29. The van der Waals surface area contributed by atoms with Crippen molar-refractivity contribution in [2.45, 2.75) is 0 Å². The third kappa shape index (κ3) is 2.85. The fraction of sp³-hybridized carbons (Fsp3) is 0.0833. The molecule has 0 aliphatic carbocycles. The molecule has 82 valence electrons. The predicted molar refractivity (Wildman–Crippen MR) is 76.2 cm³/mol. The summed E-state index contributed by atoms with van der Waals surface area (Å²) in [5, 5.41) is 6.26. The van der Waals surface area contributed by atoms with Crippen LogP contribution in [0.25, 0.3) is 0 Å². The smallest absolute Gasteiger partial charge is 0.132 e. The SMILES string of the molecule is CNc1cccc(Nc2ccc(I)cc2)n1. The van der Waals surface area contributed by atoms with Crippen LogP contribution in [0.4, 0.5) is 17.3 Å². The van der Waals surface area contributed by atoms with Gasteiger partial charge in [-0.05, 0) is 59.0 Å². The molecule has 0 saturated carbocycles. The summed E-state index contributed by atoms with van der Waals surface area (Å²) in [6.07, 6.45) is 0. The first-order valence-corrected chi connectivity index (χ1v) is 6.03. The molecule has 0 fully saturated rings. The second kappa shape index (κ2) is 5.16. The number of nitrogens with one attached hydrogen (secondary N) is 2. The van der Waals surface area contributed by atoms with Crippen molar-refractivity contribution in [1.82, 2.24) is 4.98 Å². The molecule has 1 aromatic carbocycles. The van der Waals surface area contributed by atoms with Crippen LogP contribution in [-0.2, 0) is 0 Å². The van der Waals surface area contributed by atoms with Crippen LogP contribution in [0.2, 0.25) is 0 Å². The normalized spacial score (nSPS) is 9.88. The van der Waals surface area contributed by atoms with Crippen LogP contribution in [0.1, 0.15) is 0 Å². The van der Waals surface area contributed by atoms with Crippen molar-refractivity contribution in [3.63, 3.8) is 0 Å². The molecule has 1 aromatic heterocycles. The zero-order valence-corrected chi connectivity index (χ0v) is 11.0. The van der Waals surface area contributed by atoms with Crippen LogP contribution < -0.4 is 10.6 Å². The fourth-order valence-corrected chi connectivity index (χ4v) is 1.68. The zero-order chi connectivity index (χ0) is 11.4. The number of halogens is 1. The molecule has 16 heavy (non-hydrogen) atoms. The van der Waals surface area contributed by atoms with Gasteiger partial charge in [0.1, 0.15) is 11.6 Å². The average molecular weight is 325 g/mol. The van der Waals surface area contributed by atoms with Gasteiger partial charge in [0, 0.05) is 16.3 Å². The van der Waals surface area contributed by atoms with Crippen LogP contribution >= 0.6 is 22.6 Å². The Kier molecular flexibility index (Phi) is 3.61. The summed E-state index contributed by atoms with van der Waals surface area (Å²) in [6, 6.07) is 14.0. The third-order valence-corrected chi connectivity index (χ3v) is 2.84. The van der Waals surface area contributed by atoms with E-state index in [9.17, 15) is 0 Å². The Bertz CT molecular complexity index is 468. The average Bonchev–Trinajstić information content (AvgIpc) is 2.32. The molecule has 3 nitrogen and oxygen atoms in total. The summed E-state index contributed by atoms with van der Waals surface area (Å²) in [6.45, 7) is 0.